The Morgan fingerprint density at radius 1 is 1.29 bits per heavy atom. The molecule has 0 bridgehead atoms. The molecule has 0 aliphatic carbocycles. The van der Waals surface area contributed by atoms with Crippen molar-refractivity contribution in [1.29, 1.82) is 5.26 Å². The van der Waals surface area contributed by atoms with E-state index in [1.54, 1.807) is 0 Å². The molecule has 1 heterocycles. The normalized spacial score (nSPS) is 10.4. The smallest absolute Gasteiger partial charge is 0.258 e. The number of nitriles is 1. The monoisotopic (exact) mass is 313 g/mol. The van der Waals surface area contributed by atoms with Crippen molar-refractivity contribution in [1.82, 2.24) is 4.98 Å². The molecular weight excluding hydrogens is 306 g/mol. The van der Waals surface area contributed by atoms with Crippen molar-refractivity contribution in [2.24, 2.45) is 0 Å². The summed E-state index contributed by atoms with van der Waals surface area (Å²) in [6, 6.07) is 14.0. The summed E-state index contributed by atoms with van der Waals surface area (Å²) in [5.74, 6) is 0. The number of fused-ring (bicyclic) bond motifs is 1. The molecule has 0 aliphatic rings. The molecule has 3 aromatic rings. The van der Waals surface area contributed by atoms with Crippen LogP contribution in [-0.2, 0) is 0 Å². The Labute approximate surface area is 128 Å². The van der Waals surface area contributed by atoms with Crippen LogP contribution in [0.4, 0.5) is 5.69 Å². The second-order valence-corrected chi connectivity index (χ2v) is 6.42. The maximum absolute atomic E-state index is 11.1. The number of nitro benzene ring substituents is 1. The summed E-state index contributed by atoms with van der Waals surface area (Å²) in [6.45, 7) is 0. The lowest BCUT2D eigenvalue weighted by Gasteiger charge is -2.00. The van der Waals surface area contributed by atoms with Crippen LogP contribution in [0.15, 0.2) is 51.7 Å². The van der Waals surface area contributed by atoms with E-state index in [1.807, 2.05) is 30.3 Å². The van der Waals surface area contributed by atoms with Gasteiger partial charge in [0.05, 0.1) is 31.7 Å². The largest absolute Gasteiger partial charge is 0.283 e. The molecule has 0 atom stereocenters. The number of para-hydroxylation sites is 1. The average Bonchev–Trinajstić information content (AvgIpc) is 2.89. The highest BCUT2D eigenvalue weighted by Gasteiger charge is 2.17. The number of nitrogens with zero attached hydrogens (tertiary/aromatic N) is 3. The minimum Gasteiger partial charge on any atom is -0.258 e. The lowest BCUT2D eigenvalue weighted by atomic mass is 10.2. The van der Waals surface area contributed by atoms with Gasteiger partial charge in [-0.05, 0) is 24.3 Å². The Kier molecular flexibility index (Phi) is 3.56. The van der Waals surface area contributed by atoms with Gasteiger partial charge >= 0.3 is 0 Å². The lowest BCUT2D eigenvalue weighted by molar-refractivity contribution is -0.387. The Morgan fingerprint density at radius 3 is 2.81 bits per heavy atom. The van der Waals surface area contributed by atoms with Gasteiger partial charge in [0.15, 0.2) is 4.34 Å². The third kappa shape index (κ3) is 2.72. The molecule has 0 saturated heterocycles. The molecule has 0 N–H and O–H groups in total. The maximum atomic E-state index is 11.1. The Balaban J connectivity index is 2.03. The van der Waals surface area contributed by atoms with Gasteiger partial charge < -0.3 is 0 Å². The first kappa shape index (κ1) is 13.5. The summed E-state index contributed by atoms with van der Waals surface area (Å²) in [6.07, 6.45) is 0. The molecule has 3 rings (SSSR count). The molecule has 7 heteroatoms. The molecule has 0 aliphatic heterocycles. The third-order valence-electron chi connectivity index (χ3n) is 2.76. The van der Waals surface area contributed by atoms with Crippen molar-refractivity contribution in [3.8, 4) is 6.07 Å². The summed E-state index contributed by atoms with van der Waals surface area (Å²) in [5.41, 5.74) is 1.24. The molecule has 0 radical (unpaired) electrons. The standard InChI is InChI=1S/C14H7N3O2S2/c15-8-9-5-6-11(17(18)19)13(7-9)21-14-16-10-3-1-2-4-12(10)20-14/h1-7H. The van der Waals surface area contributed by atoms with E-state index in [0.717, 1.165) is 14.6 Å². The van der Waals surface area contributed by atoms with E-state index in [-0.39, 0.29) is 5.69 Å². The number of hydrogen-bond donors (Lipinski definition) is 0. The van der Waals surface area contributed by atoms with E-state index in [0.29, 0.717) is 10.5 Å². The van der Waals surface area contributed by atoms with Crippen LogP contribution in [0.3, 0.4) is 0 Å². The number of rotatable bonds is 3. The maximum Gasteiger partial charge on any atom is 0.283 e. The summed E-state index contributed by atoms with van der Waals surface area (Å²) in [4.78, 5) is 15.5. The number of hydrogen-bond acceptors (Lipinski definition) is 6. The molecule has 0 fully saturated rings. The lowest BCUT2D eigenvalue weighted by Crippen LogP contribution is -1.91. The van der Waals surface area contributed by atoms with Crippen molar-refractivity contribution < 1.29 is 4.92 Å². The molecule has 0 spiro atoms. The van der Waals surface area contributed by atoms with Crippen molar-refractivity contribution >= 4 is 39.0 Å². The molecule has 0 saturated carbocycles. The highest BCUT2D eigenvalue weighted by atomic mass is 32.2. The highest BCUT2D eigenvalue weighted by Crippen LogP contribution is 2.38. The SMILES string of the molecule is N#Cc1ccc([N+](=O)[O-])c(Sc2nc3ccccc3s2)c1. The number of nitro groups is 1. The average molecular weight is 313 g/mol. The van der Waals surface area contributed by atoms with Gasteiger partial charge in [0.1, 0.15) is 0 Å². The summed E-state index contributed by atoms with van der Waals surface area (Å²) in [5, 5.41) is 20.0. The molecule has 0 unspecified atom stereocenters. The zero-order chi connectivity index (χ0) is 14.8. The van der Waals surface area contributed by atoms with E-state index in [1.165, 1.54) is 41.3 Å². The number of aromatic nitrogens is 1. The summed E-state index contributed by atoms with van der Waals surface area (Å²) in [7, 11) is 0. The van der Waals surface area contributed by atoms with E-state index in [4.69, 9.17) is 5.26 Å². The first-order valence-electron chi connectivity index (χ1n) is 5.89. The second kappa shape index (κ2) is 5.52. The van der Waals surface area contributed by atoms with E-state index in [9.17, 15) is 10.1 Å². The molecule has 21 heavy (non-hydrogen) atoms. The van der Waals surface area contributed by atoms with Gasteiger partial charge in [0.25, 0.3) is 5.69 Å². The van der Waals surface area contributed by atoms with Gasteiger partial charge in [-0.3, -0.25) is 10.1 Å². The van der Waals surface area contributed by atoms with Crippen LogP contribution in [-0.4, -0.2) is 9.91 Å². The van der Waals surface area contributed by atoms with Gasteiger partial charge in [-0.1, -0.05) is 23.9 Å². The highest BCUT2D eigenvalue weighted by molar-refractivity contribution is 8.01. The van der Waals surface area contributed by atoms with E-state index >= 15 is 0 Å². The first-order chi connectivity index (χ1) is 10.2. The fourth-order valence-electron chi connectivity index (χ4n) is 1.81. The van der Waals surface area contributed by atoms with Crippen LogP contribution < -0.4 is 0 Å². The minimum absolute atomic E-state index is 0.0155. The van der Waals surface area contributed by atoms with Crippen LogP contribution in [0.1, 0.15) is 5.56 Å². The molecule has 0 amide bonds. The van der Waals surface area contributed by atoms with E-state index in [2.05, 4.69) is 4.98 Å². The van der Waals surface area contributed by atoms with E-state index < -0.39 is 4.92 Å². The van der Waals surface area contributed by atoms with Gasteiger partial charge in [-0.25, -0.2) is 4.98 Å². The topological polar surface area (TPSA) is 79.8 Å². The van der Waals surface area contributed by atoms with Gasteiger partial charge in [-0.15, -0.1) is 11.3 Å². The Hall–Kier alpha value is -2.43. The summed E-state index contributed by atoms with van der Waals surface area (Å²) < 4.78 is 1.74. The third-order valence-corrected chi connectivity index (χ3v) is 4.90. The minimum atomic E-state index is -0.448. The molecule has 2 aromatic carbocycles. The van der Waals surface area contributed by atoms with Crippen LogP contribution in [0.2, 0.25) is 0 Å². The van der Waals surface area contributed by atoms with Crippen molar-refractivity contribution in [3.63, 3.8) is 0 Å². The predicted molar refractivity (Wildman–Crippen MR) is 81.6 cm³/mol. The van der Waals surface area contributed by atoms with Crippen LogP contribution in [0.5, 0.6) is 0 Å². The molecule has 5 nitrogen and oxygen atoms in total. The first-order valence-corrected chi connectivity index (χ1v) is 7.52. The number of benzene rings is 2. The Morgan fingerprint density at radius 2 is 2.10 bits per heavy atom. The predicted octanol–water partition coefficient (Wildman–Crippen LogP) is 4.23. The van der Waals surface area contributed by atoms with Crippen molar-refractivity contribution in [2.45, 2.75) is 9.24 Å². The quantitative estimate of drug-likeness (QED) is 0.534. The Bertz CT molecular complexity index is 850. The molecule has 102 valence electrons. The fraction of sp³-hybridized carbons (Fsp3) is 0. The molecule has 1 aromatic heterocycles. The van der Waals surface area contributed by atoms with Gasteiger partial charge in [0, 0.05) is 6.07 Å². The van der Waals surface area contributed by atoms with Crippen LogP contribution in [0.25, 0.3) is 10.2 Å². The second-order valence-electron chi connectivity index (χ2n) is 4.10. The van der Waals surface area contributed by atoms with Crippen LogP contribution >= 0.6 is 23.1 Å². The van der Waals surface area contributed by atoms with Gasteiger partial charge in [0.2, 0.25) is 0 Å². The zero-order valence-corrected chi connectivity index (χ0v) is 12.1. The molecular formula is C14H7N3O2S2. The van der Waals surface area contributed by atoms with Crippen LogP contribution in [0, 0.1) is 21.4 Å². The van der Waals surface area contributed by atoms with Crippen molar-refractivity contribution in [3.05, 3.63) is 58.1 Å². The number of thiazole rings is 1. The fourth-order valence-corrected chi connectivity index (χ4v) is 3.97. The van der Waals surface area contributed by atoms with Crippen molar-refractivity contribution in [2.75, 3.05) is 0 Å². The zero-order valence-electron chi connectivity index (χ0n) is 10.5. The van der Waals surface area contributed by atoms with Gasteiger partial charge in [-0.2, -0.15) is 5.26 Å². The summed E-state index contributed by atoms with van der Waals surface area (Å²) >= 11 is 2.68.